The molecule has 5 rings (SSSR count). The minimum Gasteiger partial charge on any atom is -0.631 e. The van der Waals surface area contributed by atoms with Crippen LogP contribution in [-0.4, -0.2) is 38.8 Å². The molecular formula is C31H35N3O6S. The third-order valence-electron chi connectivity index (χ3n) is 7.53. The first-order valence-electron chi connectivity index (χ1n) is 13.8. The van der Waals surface area contributed by atoms with Crippen LogP contribution in [-0.2, 0) is 36.5 Å². The number of nitrogens with one attached hydrogen (secondary N) is 2. The van der Waals surface area contributed by atoms with Gasteiger partial charge < -0.3 is 19.7 Å². The van der Waals surface area contributed by atoms with Crippen molar-refractivity contribution < 1.29 is 27.7 Å². The van der Waals surface area contributed by atoms with Crippen LogP contribution in [0.5, 0.6) is 0 Å². The van der Waals surface area contributed by atoms with E-state index in [1.807, 2.05) is 45.0 Å². The Labute approximate surface area is 240 Å². The van der Waals surface area contributed by atoms with Gasteiger partial charge in [-0.05, 0) is 43.5 Å². The van der Waals surface area contributed by atoms with Crippen LogP contribution in [0.2, 0.25) is 0 Å². The summed E-state index contributed by atoms with van der Waals surface area (Å²) in [6.45, 7) is 6.59. The molecule has 10 heteroatoms. The molecule has 2 N–H and O–H groups in total. The number of ether oxygens (including phenoxy) is 2. The van der Waals surface area contributed by atoms with Gasteiger partial charge in [-0.25, -0.2) is 8.42 Å². The van der Waals surface area contributed by atoms with Crippen molar-refractivity contribution in [3.05, 3.63) is 111 Å². The highest BCUT2D eigenvalue weighted by atomic mass is 32.2. The molecule has 0 saturated carbocycles. The van der Waals surface area contributed by atoms with E-state index in [1.165, 1.54) is 0 Å². The van der Waals surface area contributed by atoms with Gasteiger partial charge in [0.15, 0.2) is 0 Å². The first-order chi connectivity index (χ1) is 19.7. The maximum atomic E-state index is 13.9. The predicted molar refractivity (Wildman–Crippen MR) is 155 cm³/mol. The molecule has 0 spiro atoms. The number of quaternary nitrogens is 1. The highest BCUT2D eigenvalue weighted by Gasteiger charge is 2.48. The molecule has 4 atom stereocenters. The Bertz CT molecular complexity index is 1560. The van der Waals surface area contributed by atoms with Gasteiger partial charge in [-0.3, -0.25) is 14.5 Å². The van der Waals surface area contributed by atoms with Gasteiger partial charge in [0.2, 0.25) is 22.2 Å². The number of hydroxylamine groups is 2. The third kappa shape index (κ3) is 6.12. The van der Waals surface area contributed by atoms with Crippen LogP contribution in [0.15, 0.2) is 72.4 Å². The number of fused-ring (bicyclic) bond motifs is 2. The maximum absolute atomic E-state index is 13.9. The first kappa shape index (κ1) is 29.1. The van der Waals surface area contributed by atoms with Crippen LogP contribution >= 0.6 is 0 Å². The van der Waals surface area contributed by atoms with Gasteiger partial charge in [0, 0.05) is 35.9 Å². The monoisotopic (exact) mass is 577 g/mol. The smallest absolute Gasteiger partial charge is 0.239 e. The van der Waals surface area contributed by atoms with Crippen molar-refractivity contribution in [2.24, 2.45) is 0 Å². The number of carbonyl (C=O) groups is 1. The topological polar surface area (TPSA) is 122 Å². The zero-order valence-corrected chi connectivity index (χ0v) is 24.2. The van der Waals surface area contributed by atoms with Crippen LogP contribution in [0.1, 0.15) is 65.9 Å². The zero-order valence-electron chi connectivity index (χ0n) is 23.4. The molecule has 1 aliphatic heterocycles. The fourth-order valence-electron chi connectivity index (χ4n) is 5.93. The second kappa shape index (κ2) is 12.2. The molecular weight excluding hydrogens is 542 g/mol. The summed E-state index contributed by atoms with van der Waals surface area (Å²) >= 11 is 0. The highest BCUT2D eigenvalue weighted by molar-refractivity contribution is 7.89. The van der Waals surface area contributed by atoms with Gasteiger partial charge in [-0.1, -0.05) is 54.6 Å². The van der Waals surface area contributed by atoms with Crippen LogP contribution in [0.3, 0.4) is 0 Å². The molecule has 0 fully saturated rings. The second-order valence-electron chi connectivity index (χ2n) is 10.3. The van der Waals surface area contributed by atoms with E-state index >= 15 is 0 Å². The number of aromatic nitrogens is 1. The van der Waals surface area contributed by atoms with Crippen LogP contribution in [0.4, 0.5) is 0 Å². The van der Waals surface area contributed by atoms with Gasteiger partial charge in [0.05, 0.1) is 36.2 Å². The number of hydrogen-bond donors (Lipinski definition) is 2. The molecule has 1 aliphatic carbocycles. The lowest BCUT2D eigenvalue weighted by Gasteiger charge is -2.32. The quantitative estimate of drug-likeness (QED) is 0.355. The van der Waals surface area contributed by atoms with E-state index in [-0.39, 0.29) is 23.3 Å². The summed E-state index contributed by atoms with van der Waals surface area (Å²) in [6, 6.07) is 17.6. The predicted octanol–water partition coefficient (Wildman–Crippen LogP) is 3.31. The molecule has 216 valence electrons. The minimum absolute atomic E-state index is 0.0268. The van der Waals surface area contributed by atoms with Gasteiger partial charge in [-0.2, -0.15) is 0 Å². The van der Waals surface area contributed by atoms with Gasteiger partial charge in [0.1, 0.15) is 6.04 Å². The number of amides is 1. The number of nitrogens with zero attached hydrogens (tertiary/aromatic N) is 1. The summed E-state index contributed by atoms with van der Waals surface area (Å²) < 4.78 is 39.8. The van der Waals surface area contributed by atoms with E-state index in [0.717, 1.165) is 39.1 Å². The second-order valence-corrected chi connectivity index (χ2v) is 12.1. The first-order valence-corrected chi connectivity index (χ1v) is 15.5. The Morgan fingerprint density at radius 2 is 1.78 bits per heavy atom. The molecule has 2 heterocycles. The molecule has 41 heavy (non-hydrogen) atoms. The Hall–Kier alpha value is -3.41. The van der Waals surface area contributed by atoms with Crippen molar-refractivity contribution >= 4 is 21.5 Å². The summed E-state index contributed by atoms with van der Waals surface area (Å²) in [5.74, 6) is -0.940. The van der Waals surface area contributed by atoms with Crippen molar-refractivity contribution in [2.45, 2.75) is 57.7 Å². The Morgan fingerprint density at radius 3 is 2.49 bits per heavy atom. The number of hydrogen-bond acceptors (Lipinski definition) is 7. The van der Waals surface area contributed by atoms with Crippen LogP contribution < -0.4 is 9.79 Å². The standard InChI is InChI=1S/C31H35N3O6S/c1-4-39-26-18-25-28(29-24(26)12-9-15-32-29)31(40-5-2)34(36)30(25)23-14-13-22(16-20(23)3)19-41(37,38)33-27(35)17-21-10-7-6-8-11-21/h6-16,26,30-31,34H,4-5,17-19H2,1-3H3,(H,33,35). The fraction of sp³-hybridized carbons (Fsp3) is 0.355. The molecule has 1 aromatic heterocycles. The number of benzene rings is 2. The van der Waals surface area contributed by atoms with Crippen molar-refractivity contribution in [3.63, 3.8) is 0 Å². The molecule has 9 nitrogen and oxygen atoms in total. The Morgan fingerprint density at radius 1 is 1.02 bits per heavy atom. The van der Waals surface area contributed by atoms with E-state index in [2.05, 4.69) is 9.71 Å². The molecule has 3 aromatic rings. The highest BCUT2D eigenvalue weighted by Crippen LogP contribution is 2.46. The van der Waals surface area contributed by atoms with Crippen molar-refractivity contribution in [2.75, 3.05) is 13.2 Å². The molecule has 2 aromatic carbocycles. The summed E-state index contributed by atoms with van der Waals surface area (Å²) in [5.41, 5.74) is 6.30. The van der Waals surface area contributed by atoms with E-state index in [0.29, 0.717) is 25.2 Å². The lowest BCUT2D eigenvalue weighted by molar-refractivity contribution is -0.910. The summed E-state index contributed by atoms with van der Waals surface area (Å²) in [6.07, 6.45) is 1.29. The van der Waals surface area contributed by atoms with Crippen LogP contribution in [0.25, 0.3) is 5.57 Å². The minimum atomic E-state index is -3.92. The van der Waals surface area contributed by atoms with Gasteiger partial charge >= 0.3 is 0 Å². The SMILES string of the molecule is CCOC1CC2=C(c3ncccc31)C(OCC)[NH+]([O-])C2c1ccc(CS(=O)(=O)NC(=O)Cc2ccccc2)cc1C. The number of pyridine rings is 1. The normalized spacial score (nSPS) is 21.9. The number of sulfonamides is 1. The largest absolute Gasteiger partial charge is 0.631 e. The van der Waals surface area contributed by atoms with E-state index in [1.54, 1.807) is 42.6 Å². The maximum Gasteiger partial charge on any atom is 0.239 e. The van der Waals surface area contributed by atoms with Crippen LogP contribution in [0, 0.1) is 12.1 Å². The molecule has 0 bridgehead atoms. The molecule has 2 aliphatic rings. The summed E-state index contributed by atoms with van der Waals surface area (Å²) in [4.78, 5) is 17.0. The van der Waals surface area contributed by atoms with Crippen molar-refractivity contribution in [1.29, 1.82) is 0 Å². The number of aryl methyl sites for hydroxylation is 1. The zero-order chi connectivity index (χ0) is 29.1. The number of carbonyl (C=O) groups excluding carboxylic acids is 1. The average molecular weight is 578 g/mol. The molecule has 0 radical (unpaired) electrons. The van der Waals surface area contributed by atoms with Crippen molar-refractivity contribution in [3.8, 4) is 0 Å². The molecule has 1 amide bonds. The molecule has 0 saturated heterocycles. The Balaban J connectivity index is 1.41. The average Bonchev–Trinajstić information content (AvgIpc) is 3.20. The Kier molecular flexibility index (Phi) is 8.67. The molecule has 4 unspecified atom stereocenters. The van der Waals surface area contributed by atoms with E-state index < -0.39 is 28.2 Å². The number of rotatable bonds is 10. The summed E-state index contributed by atoms with van der Waals surface area (Å²) in [7, 11) is -3.92. The lowest BCUT2D eigenvalue weighted by atomic mass is 9.83. The lowest BCUT2D eigenvalue weighted by Crippen LogP contribution is -3.10. The van der Waals surface area contributed by atoms with Gasteiger partial charge in [-0.15, -0.1) is 0 Å². The fourth-order valence-corrected chi connectivity index (χ4v) is 7.04. The van der Waals surface area contributed by atoms with Crippen molar-refractivity contribution in [1.82, 2.24) is 9.71 Å². The third-order valence-corrected chi connectivity index (χ3v) is 8.78. The van der Waals surface area contributed by atoms with E-state index in [9.17, 15) is 18.4 Å². The summed E-state index contributed by atoms with van der Waals surface area (Å²) in [5, 5.41) is 13.8. The van der Waals surface area contributed by atoms with E-state index in [4.69, 9.17) is 9.47 Å². The van der Waals surface area contributed by atoms with Gasteiger partial charge in [0.25, 0.3) is 0 Å².